The van der Waals surface area contributed by atoms with Gasteiger partial charge in [0.1, 0.15) is 24.8 Å². The van der Waals surface area contributed by atoms with E-state index in [0.29, 0.717) is 26.0 Å². The van der Waals surface area contributed by atoms with Gasteiger partial charge in [-0.15, -0.1) is 6.58 Å². The molecule has 4 atom stereocenters. The Balaban J connectivity index is 2.64. The molecule has 1 rings (SSSR count). The molecule has 1 aliphatic heterocycles. The molecule has 1 saturated heterocycles. The fourth-order valence-corrected chi connectivity index (χ4v) is 3.02. The summed E-state index contributed by atoms with van der Waals surface area (Å²) < 4.78 is 9.00. The van der Waals surface area contributed by atoms with E-state index in [1.807, 2.05) is 20.8 Å². The van der Waals surface area contributed by atoms with E-state index in [1.54, 1.807) is 13.0 Å². The van der Waals surface area contributed by atoms with Crippen LogP contribution in [0.5, 0.6) is 0 Å². The normalized spacial score (nSPS) is 20.0. The number of ether oxygens (including phenoxy) is 2. The van der Waals surface area contributed by atoms with E-state index >= 15 is 0 Å². The number of rotatable bonds is 10. The van der Waals surface area contributed by atoms with Gasteiger partial charge in [-0.2, -0.15) is 0 Å². The van der Waals surface area contributed by atoms with Gasteiger partial charge in [-0.3, -0.25) is 19.4 Å². The van der Waals surface area contributed by atoms with Crippen LogP contribution >= 0.6 is 34.8 Å². The number of halogens is 3. The molecule has 0 aromatic rings. The van der Waals surface area contributed by atoms with Gasteiger partial charge in [0.25, 0.3) is 5.91 Å². The maximum Gasteiger partial charge on any atom is 0.325 e. The van der Waals surface area contributed by atoms with E-state index in [2.05, 4.69) is 17.3 Å². The largest absolute Gasteiger partial charge is 0.460 e. The third-order valence-electron chi connectivity index (χ3n) is 4.65. The summed E-state index contributed by atoms with van der Waals surface area (Å²) in [5, 5.41) is 4.01. The average Bonchev–Trinajstić information content (AvgIpc) is 2.70. The van der Waals surface area contributed by atoms with Crippen molar-refractivity contribution in [1.29, 1.82) is 0 Å². The SMILES string of the molecule is C=CC(C)COC(C(=O)NC(C)C(=O)N1CCCC(C(=O)OCC(Cl)(Cl)Cl)N1)C(C)C. The van der Waals surface area contributed by atoms with Gasteiger partial charge in [0, 0.05) is 6.54 Å². The Morgan fingerprint density at radius 1 is 1.26 bits per heavy atom. The molecule has 0 radical (unpaired) electrons. The maximum atomic E-state index is 12.8. The van der Waals surface area contributed by atoms with Gasteiger partial charge in [-0.25, -0.2) is 5.43 Å². The second kappa shape index (κ2) is 12.8. The fourth-order valence-electron chi connectivity index (χ4n) is 2.85. The predicted octanol–water partition coefficient (Wildman–Crippen LogP) is 2.76. The highest BCUT2D eigenvalue weighted by atomic mass is 35.6. The number of carbonyl (C=O) groups excluding carboxylic acids is 3. The monoisotopic (exact) mass is 499 g/mol. The van der Waals surface area contributed by atoms with Gasteiger partial charge in [0.2, 0.25) is 9.70 Å². The molecule has 8 nitrogen and oxygen atoms in total. The highest BCUT2D eigenvalue weighted by Gasteiger charge is 2.34. The molecule has 0 aromatic carbocycles. The summed E-state index contributed by atoms with van der Waals surface area (Å²) in [6, 6.07) is -1.57. The Hall–Kier alpha value is -1.06. The molecular formula is C20H32Cl3N3O5. The van der Waals surface area contributed by atoms with Gasteiger partial charge < -0.3 is 14.8 Å². The zero-order chi connectivity index (χ0) is 23.8. The van der Waals surface area contributed by atoms with Crippen molar-refractivity contribution >= 4 is 52.6 Å². The van der Waals surface area contributed by atoms with Crippen molar-refractivity contribution in [2.45, 2.75) is 62.5 Å². The predicted molar refractivity (Wildman–Crippen MR) is 121 cm³/mol. The highest BCUT2D eigenvalue weighted by molar-refractivity contribution is 6.67. The number of hydrogen-bond donors (Lipinski definition) is 2. The van der Waals surface area contributed by atoms with Crippen molar-refractivity contribution < 1.29 is 23.9 Å². The minimum atomic E-state index is -1.71. The number of hydrogen-bond acceptors (Lipinski definition) is 6. The molecule has 0 aromatic heterocycles. The molecule has 1 heterocycles. The lowest BCUT2D eigenvalue weighted by molar-refractivity contribution is -0.153. The van der Waals surface area contributed by atoms with Crippen molar-refractivity contribution in [3.8, 4) is 0 Å². The third-order valence-corrected chi connectivity index (χ3v) is 4.98. The summed E-state index contributed by atoms with van der Waals surface area (Å²) >= 11 is 16.8. The summed E-state index contributed by atoms with van der Waals surface area (Å²) in [7, 11) is 0. The Labute approximate surface area is 198 Å². The number of amides is 2. The van der Waals surface area contributed by atoms with E-state index in [1.165, 1.54) is 5.01 Å². The summed E-state index contributed by atoms with van der Waals surface area (Å²) in [4.78, 5) is 37.7. The zero-order valence-corrected chi connectivity index (χ0v) is 20.6. The van der Waals surface area contributed by atoms with Gasteiger partial charge >= 0.3 is 5.97 Å². The van der Waals surface area contributed by atoms with E-state index in [9.17, 15) is 14.4 Å². The minimum Gasteiger partial charge on any atom is -0.460 e. The molecule has 11 heteroatoms. The van der Waals surface area contributed by atoms with Crippen LogP contribution < -0.4 is 10.7 Å². The van der Waals surface area contributed by atoms with E-state index in [4.69, 9.17) is 44.3 Å². The smallest absolute Gasteiger partial charge is 0.325 e. The van der Waals surface area contributed by atoms with Crippen molar-refractivity contribution in [3.63, 3.8) is 0 Å². The van der Waals surface area contributed by atoms with Crippen LogP contribution in [0.3, 0.4) is 0 Å². The van der Waals surface area contributed by atoms with Crippen LogP contribution in [0.4, 0.5) is 0 Å². The lowest BCUT2D eigenvalue weighted by Gasteiger charge is -2.34. The number of esters is 1. The molecule has 1 fully saturated rings. The van der Waals surface area contributed by atoms with E-state index in [0.717, 1.165) is 0 Å². The molecule has 4 unspecified atom stereocenters. The van der Waals surface area contributed by atoms with Crippen molar-refractivity contribution in [3.05, 3.63) is 12.7 Å². The fraction of sp³-hybridized carbons (Fsp3) is 0.750. The van der Waals surface area contributed by atoms with Gasteiger partial charge in [-0.1, -0.05) is 61.7 Å². The first kappa shape index (κ1) is 28.0. The Bertz CT molecular complexity index is 642. The van der Waals surface area contributed by atoms with Gasteiger partial charge in [0.15, 0.2) is 0 Å². The van der Waals surface area contributed by atoms with Crippen LogP contribution in [0.15, 0.2) is 12.7 Å². The standard InChI is InChI=1S/C20H32Cl3N3O5/c1-6-13(4)10-30-16(12(2)3)17(27)24-14(5)18(28)26-9-7-8-15(25-26)19(29)31-11-20(21,22)23/h6,12-16,25H,1,7-11H2,2-5H3,(H,24,27). The van der Waals surface area contributed by atoms with Crippen LogP contribution in [-0.2, 0) is 23.9 Å². The molecule has 178 valence electrons. The molecule has 2 amide bonds. The summed E-state index contributed by atoms with van der Waals surface area (Å²) in [5.74, 6) is -1.35. The minimum absolute atomic E-state index is 0.0792. The molecule has 0 aliphatic carbocycles. The Morgan fingerprint density at radius 2 is 1.90 bits per heavy atom. The lowest BCUT2D eigenvalue weighted by Crippen LogP contribution is -2.60. The number of alkyl halides is 3. The molecule has 0 saturated carbocycles. The topological polar surface area (TPSA) is 97.0 Å². The van der Waals surface area contributed by atoms with Crippen molar-refractivity contribution in [1.82, 2.24) is 15.8 Å². The first-order valence-electron chi connectivity index (χ1n) is 10.2. The molecule has 2 N–H and O–H groups in total. The number of nitrogens with zero attached hydrogens (tertiary/aromatic N) is 1. The van der Waals surface area contributed by atoms with Crippen molar-refractivity contribution in [2.75, 3.05) is 19.8 Å². The number of carbonyl (C=O) groups is 3. The zero-order valence-electron chi connectivity index (χ0n) is 18.3. The van der Waals surface area contributed by atoms with Gasteiger partial charge in [0.05, 0.1) is 6.61 Å². The van der Waals surface area contributed by atoms with Crippen molar-refractivity contribution in [2.24, 2.45) is 11.8 Å². The van der Waals surface area contributed by atoms with Crippen LogP contribution in [0, 0.1) is 11.8 Å². The van der Waals surface area contributed by atoms with Gasteiger partial charge in [-0.05, 0) is 31.6 Å². The average molecular weight is 501 g/mol. The van der Waals surface area contributed by atoms with E-state index in [-0.39, 0.29) is 23.7 Å². The lowest BCUT2D eigenvalue weighted by atomic mass is 10.1. The quantitative estimate of drug-likeness (QED) is 0.272. The van der Waals surface area contributed by atoms with E-state index < -0.39 is 34.6 Å². The highest BCUT2D eigenvalue weighted by Crippen LogP contribution is 2.26. The maximum absolute atomic E-state index is 12.8. The van der Waals surface area contributed by atoms with Crippen LogP contribution in [0.25, 0.3) is 0 Å². The molecule has 0 bridgehead atoms. The molecular weight excluding hydrogens is 469 g/mol. The molecule has 1 aliphatic rings. The number of hydrazine groups is 1. The summed E-state index contributed by atoms with van der Waals surface area (Å²) in [5.41, 5.74) is 2.83. The third kappa shape index (κ3) is 9.95. The molecule has 31 heavy (non-hydrogen) atoms. The first-order chi connectivity index (χ1) is 14.4. The Kier molecular flexibility index (Phi) is 11.6. The number of nitrogens with one attached hydrogen (secondary N) is 2. The summed E-state index contributed by atoms with van der Waals surface area (Å²) in [6.07, 6.45) is 2.09. The van der Waals surface area contributed by atoms with Crippen LogP contribution in [0.2, 0.25) is 0 Å². The second-order valence-corrected chi connectivity index (χ2v) is 10.5. The van der Waals surface area contributed by atoms with Crippen LogP contribution in [0.1, 0.15) is 40.5 Å². The first-order valence-corrected chi connectivity index (χ1v) is 11.3. The second-order valence-electron chi connectivity index (χ2n) is 7.98. The van der Waals surface area contributed by atoms with Crippen LogP contribution in [-0.4, -0.2) is 64.5 Å². The summed E-state index contributed by atoms with van der Waals surface area (Å²) in [6.45, 7) is 11.3. The Morgan fingerprint density at radius 3 is 2.45 bits per heavy atom. The molecule has 0 spiro atoms.